The zero-order valence-corrected chi connectivity index (χ0v) is 14.4. The summed E-state index contributed by atoms with van der Waals surface area (Å²) in [6, 6.07) is 4.47. The number of nitrogens with one attached hydrogen (secondary N) is 2. The van der Waals surface area contributed by atoms with Crippen molar-refractivity contribution in [1.29, 1.82) is 0 Å². The number of nitrogens with zero attached hydrogens (tertiary/aromatic N) is 2. The normalized spacial score (nSPS) is 16.6. The second-order valence-corrected chi connectivity index (χ2v) is 6.30. The summed E-state index contributed by atoms with van der Waals surface area (Å²) >= 11 is 0. The van der Waals surface area contributed by atoms with Crippen LogP contribution in [0.3, 0.4) is 0 Å². The van der Waals surface area contributed by atoms with E-state index in [0.717, 1.165) is 51.3 Å². The molecule has 1 fully saturated rings. The Labute approximate surface area is 146 Å². The molecule has 25 heavy (non-hydrogen) atoms. The first-order chi connectivity index (χ1) is 11.8. The van der Waals surface area contributed by atoms with Crippen LogP contribution in [0.15, 0.2) is 24.3 Å². The van der Waals surface area contributed by atoms with Crippen molar-refractivity contribution < 1.29 is 18.0 Å². The van der Waals surface area contributed by atoms with E-state index in [2.05, 4.69) is 27.5 Å². The maximum absolute atomic E-state index is 12.5. The highest BCUT2D eigenvalue weighted by molar-refractivity contribution is 5.73. The Balaban J connectivity index is 1.59. The van der Waals surface area contributed by atoms with Crippen LogP contribution >= 0.6 is 0 Å². The van der Waals surface area contributed by atoms with Gasteiger partial charge < -0.3 is 20.4 Å². The highest BCUT2D eigenvalue weighted by Crippen LogP contribution is 2.28. The fraction of sp³-hybridized carbons (Fsp3) is 0.588. The minimum absolute atomic E-state index is 0.197. The lowest BCUT2D eigenvalue weighted by molar-refractivity contribution is -0.137. The molecule has 0 aliphatic carbocycles. The van der Waals surface area contributed by atoms with Gasteiger partial charge in [-0.05, 0) is 37.7 Å². The number of amides is 2. The topological polar surface area (TPSA) is 47.6 Å². The Bertz CT molecular complexity index is 540. The van der Waals surface area contributed by atoms with Gasteiger partial charge in [0.2, 0.25) is 0 Å². The first kappa shape index (κ1) is 19.5. The fourth-order valence-electron chi connectivity index (χ4n) is 2.63. The Hall–Kier alpha value is -1.80. The molecule has 0 spiro atoms. The summed E-state index contributed by atoms with van der Waals surface area (Å²) < 4.78 is 37.4. The Morgan fingerprint density at radius 3 is 2.32 bits per heavy atom. The minimum Gasteiger partial charge on any atom is -0.338 e. The molecule has 0 bridgehead atoms. The predicted molar refractivity (Wildman–Crippen MR) is 90.2 cm³/mol. The number of carbonyl (C=O) groups excluding carboxylic acids is 1. The van der Waals surface area contributed by atoms with Crippen LogP contribution in [0.2, 0.25) is 0 Å². The second kappa shape index (κ2) is 9.05. The van der Waals surface area contributed by atoms with E-state index in [0.29, 0.717) is 12.1 Å². The molecule has 2 rings (SSSR count). The highest BCUT2D eigenvalue weighted by Gasteiger charge is 2.29. The van der Waals surface area contributed by atoms with Crippen molar-refractivity contribution >= 4 is 6.03 Å². The summed E-state index contributed by atoms with van der Waals surface area (Å²) in [6.45, 7) is 5.97. The molecule has 5 nitrogen and oxygen atoms in total. The smallest absolute Gasteiger partial charge is 0.338 e. The van der Waals surface area contributed by atoms with Crippen molar-refractivity contribution in [3.63, 3.8) is 0 Å². The number of hydrogen-bond acceptors (Lipinski definition) is 3. The lowest BCUT2D eigenvalue weighted by Gasteiger charge is -2.32. The van der Waals surface area contributed by atoms with Gasteiger partial charge in [-0.2, -0.15) is 13.2 Å². The molecule has 0 saturated carbocycles. The number of halogens is 3. The first-order valence-electron chi connectivity index (χ1n) is 8.43. The lowest BCUT2D eigenvalue weighted by Crippen LogP contribution is -2.45. The van der Waals surface area contributed by atoms with Crippen LogP contribution in [0.1, 0.15) is 17.5 Å². The first-order valence-corrected chi connectivity index (χ1v) is 8.43. The second-order valence-electron chi connectivity index (χ2n) is 6.30. The molecular formula is C17H25F3N4O. The number of piperazine rings is 1. The van der Waals surface area contributed by atoms with Crippen LogP contribution < -0.4 is 10.6 Å². The molecule has 1 aliphatic heterocycles. The minimum atomic E-state index is -4.34. The molecule has 1 saturated heterocycles. The van der Waals surface area contributed by atoms with Gasteiger partial charge in [-0.3, -0.25) is 0 Å². The van der Waals surface area contributed by atoms with Crippen LogP contribution in [0.25, 0.3) is 0 Å². The standard InChI is InChI=1S/C17H25F3N4O/c1-23-9-11-24(12-10-23)8-2-7-21-16(25)22-13-14-3-5-15(6-4-14)17(18,19)20/h3-6H,2,7-13H2,1H3,(H2,21,22,25). The van der Waals surface area contributed by atoms with E-state index in [9.17, 15) is 18.0 Å². The van der Waals surface area contributed by atoms with Crippen molar-refractivity contribution in [2.75, 3.05) is 46.3 Å². The van der Waals surface area contributed by atoms with E-state index in [-0.39, 0.29) is 12.6 Å². The van der Waals surface area contributed by atoms with Gasteiger partial charge in [-0.15, -0.1) is 0 Å². The zero-order valence-electron chi connectivity index (χ0n) is 14.4. The number of alkyl halides is 3. The summed E-state index contributed by atoms with van der Waals surface area (Å²) in [5.41, 5.74) is -0.0646. The third-order valence-corrected chi connectivity index (χ3v) is 4.27. The third kappa shape index (κ3) is 6.91. The van der Waals surface area contributed by atoms with E-state index in [1.165, 1.54) is 12.1 Å². The van der Waals surface area contributed by atoms with E-state index in [1.807, 2.05) is 0 Å². The third-order valence-electron chi connectivity index (χ3n) is 4.27. The molecule has 1 aromatic carbocycles. The van der Waals surface area contributed by atoms with Crippen LogP contribution in [0.4, 0.5) is 18.0 Å². The van der Waals surface area contributed by atoms with Crippen LogP contribution in [0.5, 0.6) is 0 Å². The Morgan fingerprint density at radius 1 is 1.08 bits per heavy atom. The highest BCUT2D eigenvalue weighted by atomic mass is 19.4. The van der Waals surface area contributed by atoms with Crippen LogP contribution in [-0.4, -0.2) is 62.1 Å². The summed E-state index contributed by atoms with van der Waals surface area (Å²) in [4.78, 5) is 16.4. The van der Waals surface area contributed by atoms with Crippen molar-refractivity contribution in [2.45, 2.75) is 19.1 Å². The Kier molecular flexibility index (Phi) is 7.07. The van der Waals surface area contributed by atoms with Gasteiger partial charge in [-0.1, -0.05) is 12.1 Å². The number of likely N-dealkylation sites (N-methyl/N-ethyl adjacent to an activating group) is 1. The molecule has 8 heteroatoms. The number of rotatable bonds is 6. The number of urea groups is 1. The van der Waals surface area contributed by atoms with Crippen molar-refractivity contribution in [2.24, 2.45) is 0 Å². The Morgan fingerprint density at radius 2 is 1.72 bits per heavy atom. The van der Waals surface area contributed by atoms with Gasteiger partial charge in [0.05, 0.1) is 5.56 Å². The van der Waals surface area contributed by atoms with E-state index >= 15 is 0 Å². The van der Waals surface area contributed by atoms with Gasteiger partial charge in [0, 0.05) is 39.3 Å². The average molecular weight is 358 g/mol. The zero-order chi connectivity index (χ0) is 18.3. The molecule has 2 N–H and O–H groups in total. The van der Waals surface area contributed by atoms with Crippen molar-refractivity contribution in [3.05, 3.63) is 35.4 Å². The van der Waals surface area contributed by atoms with E-state index < -0.39 is 11.7 Å². The molecule has 1 heterocycles. The largest absolute Gasteiger partial charge is 0.416 e. The number of hydrogen-bond donors (Lipinski definition) is 2. The average Bonchev–Trinajstić information content (AvgIpc) is 2.58. The number of carbonyl (C=O) groups is 1. The van der Waals surface area contributed by atoms with Gasteiger partial charge in [-0.25, -0.2) is 4.79 Å². The van der Waals surface area contributed by atoms with Gasteiger partial charge in [0.15, 0.2) is 0 Å². The molecule has 0 atom stereocenters. The lowest BCUT2D eigenvalue weighted by atomic mass is 10.1. The van der Waals surface area contributed by atoms with E-state index in [4.69, 9.17) is 0 Å². The quantitative estimate of drug-likeness (QED) is 0.766. The fourth-order valence-corrected chi connectivity index (χ4v) is 2.63. The molecule has 0 aromatic heterocycles. The summed E-state index contributed by atoms with van der Waals surface area (Å²) in [7, 11) is 2.11. The SMILES string of the molecule is CN1CCN(CCCNC(=O)NCc2ccc(C(F)(F)F)cc2)CC1. The molecule has 0 radical (unpaired) electrons. The molecule has 1 aliphatic rings. The molecular weight excluding hydrogens is 333 g/mol. The maximum Gasteiger partial charge on any atom is 0.416 e. The summed E-state index contributed by atoms with van der Waals surface area (Å²) in [6.07, 6.45) is -3.47. The maximum atomic E-state index is 12.5. The van der Waals surface area contributed by atoms with E-state index in [1.54, 1.807) is 0 Å². The van der Waals surface area contributed by atoms with Crippen LogP contribution in [0, 0.1) is 0 Å². The molecule has 0 unspecified atom stereocenters. The molecule has 2 amide bonds. The van der Waals surface area contributed by atoms with Gasteiger partial charge in [0.25, 0.3) is 0 Å². The van der Waals surface area contributed by atoms with Crippen LogP contribution in [-0.2, 0) is 12.7 Å². The molecule has 140 valence electrons. The van der Waals surface area contributed by atoms with Gasteiger partial charge in [0.1, 0.15) is 0 Å². The number of benzene rings is 1. The summed E-state index contributed by atoms with van der Waals surface area (Å²) in [5, 5.41) is 5.42. The van der Waals surface area contributed by atoms with Crippen molar-refractivity contribution in [3.8, 4) is 0 Å². The monoisotopic (exact) mass is 358 g/mol. The molecule has 1 aromatic rings. The van der Waals surface area contributed by atoms with Crippen molar-refractivity contribution in [1.82, 2.24) is 20.4 Å². The van der Waals surface area contributed by atoms with Gasteiger partial charge >= 0.3 is 12.2 Å². The summed E-state index contributed by atoms with van der Waals surface area (Å²) in [5.74, 6) is 0. The predicted octanol–water partition coefficient (Wildman–Crippen LogP) is 2.14.